The lowest BCUT2D eigenvalue weighted by molar-refractivity contribution is -0.144. The largest absolute Gasteiger partial charge is 0.452 e. The van der Waals surface area contributed by atoms with Crippen molar-refractivity contribution in [2.75, 3.05) is 6.61 Å². The van der Waals surface area contributed by atoms with Crippen LogP contribution >= 0.6 is 23.2 Å². The molecule has 0 heterocycles. The highest BCUT2D eigenvalue weighted by Crippen LogP contribution is 2.25. The van der Waals surface area contributed by atoms with Crippen LogP contribution in [-0.2, 0) is 14.3 Å². The number of rotatable bonds is 6. The second-order valence-corrected chi connectivity index (χ2v) is 6.24. The zero-order chi connectivity index (χ0) is 19.1. The number of benzene rings is 2. The Morgan fingerprint density at radius 1 is 1.19 bits per heavy atom. The van der Waals surface area contributed by atoms with Crippen LogP contribution in [0.2, 0.25) is 10.0 Å². The van der Waals surface area contributed by atoms with Crippen LogP contribution in [0.5, 0.6) is 0 Å². The van der Waals surface area contributed by atoms with E-state index in [4.69, 9.17) is 27.9 Å². The van der Waals surface area contributed by atoms with E-state index in [1.807, 2.05) is 0 Å². The van der Waals surface area contributed by atoms with Gasteiger partial charge in [-0.15, -0.1) is 0 Å². The first-order valence-electron chi connectivity index (χ1n) is 7.70. The third-order valence-corrected chi connectivity index (χ3v) is 4.21. The SMILES string of the molecule is C[C@@H](NC(=O)COC(=O)/C=C/c1ccccc1F)c1ccc(Cl)c(Cl)c1. The fourth-order valence-electron chi connectivity index (χ4n) is 2.10. The molecule has 4 nitrogen and oxygen atoms in total. The highest BCUT2D eigenvalue weighted by Gasteiger charge is 2.12. The number of amides is 1. The molecule has 1 N–H and O–H groups in total. The minimum atomic E-state index is -0.745. The summed E-state index contributed by atoms with van der Waals surface area (Å²) in [5.41, 5.74) is 1.01. The second-order valence-electron chi connectivity index (χ2n) is 5.43. The fraction of sp³-hybridized carbons (Fsp3) is 0.158. The van der Waals surface area contributed by atoms with Crippen LogP contribution in [0.3, 0.4) is 0 Å². The average molecular weight is 396 g/mol. The van der Waals surface area contributed by atoms with E-state index in [9.17, 15) is 14.0 Å². The molecule has 26 heavy (non-hydrogen) atoms. The van der Waals surface area contributed by atoms with Crippen LogP contribution in [0.15, 0.2) is 48.5 Å². The first-order valence-corrected chi connectivity index (χ1v) is 8.46. The number of carbonyl (C=O) groups excluding carboxylic acids is 2. The van der Waals surface area contributed by atoms with Gasteiger partial charge in [0, 0.05) is 11.6 Å². The number of hydrogen-bond donors (Lipinski definition) is 1. The summed E-state index contributed by atoms with van der Waals surface area (Å²) in [4.78, 5) is 23.5. The Morgan fingerprint density at radius 3 is 2.62 bits per heavy atom. The number of carbonyl (C=O) groups is 2. The zero-order valence-electron chi connectivity index (χ0n) is 13.8. The molecule has 2 aromatic rings. The summed E-state index contributed by atoms with van der Waals surface area (Å²) in [6, 6.07) is 10.7. The van der Waals surface area contributed by atoms with Gasteiger partial charge in [-0.25, -0.2) is 9.18 Å². The summed E-state index contributed by atoms with van der Waals surface area (Å²) in [6.45, 7) is 1.31. The van der Waals surface area contributed by atoms with Gasteiger partial charge in [-0.3, -0.25) is 4.79 Å². The predicted octanol–water partition coefficient (Wildman–Crippen LogP) is 4.57. The Labute approximate surface area is 160 Å². The lowest BCUT2D eigenvalue weighted by Gasteiger charge is -2.14. The molecule has 0 spiro atoms. The number of esters is 1. The number of nitrogens with one attached hydrogen (secondary N) is 1. The highest BCUT2D eigenvalue weighted by molar-refractivity contribution is 6.42. The molecule has 2 rings (SSSR count). The fourth-order valence-corrected chi connectivity index (χ4v) is 2.41. The standard InChI is InChI=1S/C19H16Cl2FNO3/c1-12(14-6-8-15(20)16(21)10-14)23-18(24)11-26-19(25)9-7-13-4-2-3-5-17(13)22/h2-10,12H,11H2,1H3,(H,23,24)/b9-7+/t12-/m1/s1. The van der Waals surface area contributed by atoms with Gasteiger partial charge in [0.2, 0.25) is 0 Å². The molecule has 0 saturated heterocycles. The summed E-state index contributed by atoms with van der Waals surface area (Å²) < 4.78 is 18.3. The van der Waals surface area contributed by atoms with E-state index < -0.39 is 24.3 Å². The van der Waals surface area contributed by atoms with Crippen LogP contribution in [-0.4, -0.2) is 18.5 Å². The molecule has 7 heteroatoms. The van der Waals surface area contributed by atoms with E-state index in [-0.39, 0.29) is 11.6 Å². The Hall–Kier alpha value is -2.37. The van der Waals surface area contributed by atoms with Crippen molar-refractivity contribution in [3.05, 3.63) is 75.5 Å². The monoisotopic (exact) mass is 395 g/mol. The smallest absolute Gasteiger partial charge is 0.331 e. The van der Waals surface area contributed by atoms with Crippen LogP contribution in [0.1, 0.15) is 24.1 Å². The molecule has 1 amide bonds. The van der Waals surface area contributed by atoms with Gasteiger partial charge < -0.3 is 10.1 Å². The van der Waals surface area contributed by atoms with Gasteiger partial charge >= 0.3 is 5.97 Å². The van der Waals surface area contributed by atoms with Gasteiger partial charge in [0.1, 0.15) is 5.82 Å². The molecule has 0 aliphatic rings. The van der Waals surface area contributed by atoms with Gasteiger partial charge in [-0.2, -0.15) is 0 Å². The van der Waals surface area contributed by atoms with Crippen LogP contribution < -0.4 is 5.32 Å². The van der Waals surface area contributed by atoms with Gasteiger partial charge in [0.25, 0.3) is 5.91 Å². The number of halogens is 3. The highest BCUT2D eigenvalue weighted by atomic mass is 35.5. The van der Waals surface area contributed by atoms with Crippen molar-refractivity contribution in [1.29, 1.82) is 0 Å². The Bertz CT molecular complexity index is 839. The lowest BCUT2D eigenvalue weighted by atomic mass is 10.1. The maximum Gasteiger partial charge on any atom is 0.331 e. The molecule has 0 bridgehead atoms. The van der Waals surface area contributed by atoms with Gasteiger partial charge in [-0.1, -0.05) is 47.5 Å². The molecule has 0 aromatic heterocycles. The molecule has 0 radical (unpaired) electrons. The van der Waals surface area contributed by atoms with Crippen molar-refractivity contribution in [3.63, 3.8) is 0 Å². The maximum atomic E-state index is 13.4. The zero-order valence-corrected chi connectivity index (χ0v) is 15.4. The van der Waals surface area contributed by atoms with Gasteiger partial charge in [-0.05, 0) is 36.8 Å². The maximum absolute atomic E-state index is 13.4. The summed E-state index contributed by atoms with van der Waals surface area (Å²) in [7, 11) is 0. The van der Waals surface area contributed by atoms with E-state index in [2.05, 4.69) is 5.32 Å². The molecule has 0 fully saturated rings. The molecular weight excluding hydrogens is 380 g/mol. The third-order valence-electron chi connectivity index (χ3n) is 3.47. The first-order chi connectivity index (χ1) is 12.4. The Kier molecular flexibility index (Phi) is 7.18. The van der Waals surface area contributed by atoms with E-state index in [1.54, 1.807) is 37.3 Å². The minimum absolute atomic E-state index is 0.252. The van der Waals surface area contributed by atoms with Crippen molar-refractivity contribution in [1.82, 2.24) is 5.32 Å². The minimum Gasteiger partial charge on any atom is -0.452 e. The van der Waals surface area contributed by atoms with Crippen LogP contribution in [0.25, 0.3) is 6.08 Å². The number of ether oxygens (including phenoxy) is 1. The van der Waals surface area contributed by atoms with E-state index in [0.29, 0.717) is 10.0 Å². The first kappa shape index (κ1) is 19.9. The van der Waals surface area contributed by atoms with Gasteiger partial charge in [0.05, 0.1) is 16.1 Å². The van der Waals surface area contributed by atoms with Crippen LogP contribution in [0.4, 0.5) is 4.39 Å². The molecule has 0 aliphatic carbocycles. The topological polar surface area (TPSA) is 55.4 Å². The molecule has 2 aromatic carbocycles. The number of hydrogen-bond acceptors (Lipinski definition) is 3. The predicted molar refractivity (Wildman–Crippen MR) is 99.4 cm³/mol. The summed E-state index contributed by atoms with van der Waals surface area (Å²) in [5, 5.41) is 3.48. The molecule has 0 aliphatic heterocycles. The molecule has 1 atom stereocenters. The van der Waals surface area contributed by atoms with Crippen molar-refractivity contribution in [2.24, 2.45) is 0 Å². The molecule has 0 saturated carbocycles. The van der Waals surface area contributed by atoms with E-state index in [1.165, 1.54) is 18.2 Å². The summed E-state index contributed by atoms with van der Waals surface area (Å²) in [6.07, 6.45) is 2.35. The average Bonchev–Trinajstić information content (AvgIpc) is 2.61. The Morgan fingerprint density at radius 2 is 1.92 bits per heavy atom. The Balaban J connectivity index is 1.83. The summed E-state index contributed by atoms with van der Waals surface area (Å²) >= 11 is 11.8. The van der Waals surface area contributed by atoms with E-state index >= 15 is 0 Å². The van der Waals surface area contributed by atoms with Crippen molar-refractivity contribution >= 4 is 41.2 Å². The molecular formula is C19H16Cl2FNO3. The van der Waals surface area contributed by atoms with Crippen molar-refractivity contribution in [3.8, 4) is 0 Å². The lowest BCUT2D eigenvalue weighted by Crippen LogP contribution is -2.30. The van der Waals surface area contributed by atoms with Crippen molar-refractivity contribution < 1.29 is 18.7 Å². The van der Waals surface area contributed by atoms with E-state index in [0.717, 1.165) is 11.6 Å². The normalized spacial score (nSPS) is 12.0. The quantitative estimate of drug-likeness (QED) is 0.575. The van der Waals surface area contributed by atoms with Crippen molar-refractivity contribution in [2.45, 2.75) is 13.0 Å². The molecule has 136 valence electrons. The third kappa shape index (κ3) is 5.86. The summed E-state index contributed by atoms with van der Waals surface area (Å²) in [5.74, 6) is -1.67. The second kappa shape index (κ2) is 9.36. The molecule has 0 unspecified atom stereocenters. The van der Waals surface area contributed by atoms with Gasteiger partial charge in [0.15, 0.2) is 6.61 Å². The van der Waals surface area contributed by atoms with Crippen LogP contribution in [0, 0.1) is 5.82 Å².